The summed E-state index contributed by atoms with van der Waals surface area (Å²) < 4.78 is 17.6. The highest BCUT2D eigenvalue weighted by atomic mass is 19.1. The van der Waals surface area contributed by atoms with Crippen molar-refractivity contribution in [2.75, 3.05) is 11.9 Å². The Morgan fingerprint density at radius 1 is 1.14 bits per heavy atom. The lowest BCUT2D eigenvalue weighted by Crippen LogP contribution is -2.20. The first-order valence-corrected chi connectivity index (χ1v) is 6.34. The topological polar surface area (TPSA) is 55.4 Å². The molecule has 108 valence electrons. The number of amides is 1. The van der Waals surface area contributed by atoms with Gasteiger partial charge in [-0.3, -0.25) is 4.79 Å². The third kappa shape index (κ3) is 4.42. The van der Waals surface area contributed by atoms with Crippen LogP contribution in [0.15, 0.2) is 48.5 Å². The van der Waals surface area contributed by atoms with E-state index in [0.717, 1.165) is 17.7 Å². The predicted octanol–water partition coefficient (Wildman–Crippen LogP) is 2.93. The number of halogens is 1. The number of nitrogens with one attached hydrogen (secondary N) is 1. The minimum atomic E-state index is -0.672. The minimum absolute atomic E-state index is 0.194. The first-order valence-electron chi connectivity index (χ1n) is 6.34. The van der Waals surface area contributed by atoms with E-state index in [9.17, 15) is 14.0 Å². The van der Waals surface area contributed by atoms with E-state index in [1.807, 2.05) is 19.1 Å². The first kappa shape index (κ1) is 14.7. The van der Waals surface area contributed by atoms with Gasteiger partial charge in [0.1, 0.15) is 5.82 Å². The van der Waals surface area contributed by atoms with E-state index in [1.165, 1.54) is 12.1 Å². The van der Waals surface area contributed by atoms with Crippen LogP contribution in [0.3, 0.4) is 0 Å². The molecule has 0 aromatic heterocycles. The standard InChI is InChI=1S/C16H14FNO3/c1-11-3-2-4-14(9-11)18-15(19)10-21-16(20)12-5-7-13(17)8-6-12/h2-9H,10H2,1H3,(H,18,19). The molecule has 21 heavy (non-hydrogen) atoms. The fourth-order valence-corrected chi connectivity index (χ4v) is 1.72. The molecule has 2 rings (SSSR count). The minimum Gasteiger partial charge on any atom is -0.452 e. The van der Waals surface area contributed by atoms with Gasteiger partial charge in [0, 0.05) is 5.69 Å². The van der Waals surface area contributed by atoms with Crippen LogP contribution in [0.4, 0.5) is 10.1 Å². The van der Waals surface area contributed by atoms with Crippen molar-refractivity contribution < 1.29 is 18.7 Å². The third-order valence-corrected chi connectivity index (χ3v) is 2.72. The molecule has 0 unspecified atom stereocenters. The van der Waals surface area contributed by atoms with Crippen LogP contribution in [0.5, 0.6) is 0 Å². The van der Waals surface area contributed by atoms with Gasteiger partial charge in [-0.1, -0.05) is 12.1 Å². The van der Waals surface area contributed by atoms with Gasteiger partial charge in [-0.2, -0.15) is 0 Å². The van der Waals surface area contributed by atoms with Crippen LogP contribution in [0.25, 0.3) is 0 Å². The monoisotopic (exact) mass is 287 g/mol. The Morgan fingerprint density at radius 3 is 2.52 bits per heavy atom. The SMILES string of the molecule is Cc1cccc(NC(=O)COC(=O)c2ccc(F)cc2)c1. The largest absolute Gasteiger partial charge is 0.452 e. The molecule has 4 nitrogen and oxygen atoms in total. The second kappa shape index (κ2) is 6.65. The Kier molecular flexibility index (Phi) is 4.66. The molecule has 0 radical (unpaired) electrons. The zero-order chi connectivity index (χ0) is 15.2. The van der Waals surface area contributed by atoms with Crippen LogP contribution in [-0.2, 0) is 9.53 Å². The third-order valence-electron chi connectivity index (χ3n) is 2.72. The summed E-state index contributed by atoms with van der Waals surface area (Å²) in [6.45, 7) is 1.51. The predicted molar refractivity (Wildman–Crippen MR) is 76.5 cm³/mol. The van der Waals surface area contributed by atoms with Crippen LogP contribution in [-0.4, -0.2) is 18.5 Å². The Morgan fingerprint density at radius 2 is 1.86 bits per heavy atom. The second-order valence-corrected chi connectivity index (χ2v) is 4.50. The Hall–Kier alpha value is -2.69. The summed E-state index contributed by atoms with van der Waals surface area (Å²) in [6.07, 6.45) is 0. The Bertz CT molecular complexity index is 653. The molecule has 0 bridgehead atoms. The number of esters is 1. The number of benzene rings is 2. The molecule has 0 saturated heterocycles. The van der Waals surface area contributed by atoms with E-state index in [2.05, 4.69) is 5.32 Å². The number of aryl methyl sites for hydroxylation is 1. The summed E-state index contributed by atoms with van der Waals surface area (Å²) in [6, 6.07) is 12.2. The van der Waals surface area contributed by atoms with Crippen molar-refractivity contribution in [3.63, 3.8) is 0 Å². The van der Waals surface area contributed by atoms with E-state index in [4.69, 9.17) is 4.74 Å². The molecule has 0 aliphatic carbocycles. The number of hydrogen-bond donors (Lipinski definition) is 1. The van der Waals surface area contributed by atoms with Crippen molar-refractivity contribution in [2.24, 2.45) is 0 Å². The summed E-state index contributed by atoms with van der Waals surface area (Å²) >= 11 is 0. The number of rotatable bonds is 4. The normalized spacial score (nSPS) is 10.0. The fraction of sp³-hybridized carbons (Fsp3) is 0.125. The molecule has 2 aromatic carbocycles. The van der Waals surface area contributed by atoms with Crippen LogP contribution in [0.1, 0.15) is 15.9 Å². The lowest BCUT2D eigenvalue weighted by Gasteiger charge is -2.07. The molecule has 0 aliphatic rings. The summed E-state index contributed by atoms with van der Waals surface area (Å²) in [7, 11) is 0. The highest BCUT2D eigenvalue weighted by Crippen LogP contribution is 2.09. The second-order valence-electron chi connectivity index (χ2n) is 4.50. The number of hydrogen-bond acceptors (Lipinski definition) is 3. The van der Waals surface area contributed by atoms with Crippen molar-refractivity contribution in [2.45, 2.75) is 6.92 Å². The van der Waals surface area contributed by atoms with Crippen LogP contribution < -0.4 is 5.32 Å². The summed E-state index contributed by atoms with van der Waals surface area (Å²) in [5, 5.41) is 2.62. The maximum atomic E-state index is 12.7. The maximum Gasteiger partial charge on any atom is 0.338 e. The van der Waals surface area contributed by atoms with Crippen molar-refractivity contribution in [1.82, 2.24) is 0 Å². The summed E-state index contributed by atoms with van der Waals surface area (Å²) in [4.78, 5) is 23.3. The quantitative estimate of drug-likeness (QED) is 0.880. The fourth-order valence-electron chi connectivity index (χ4n) is 1.72. The zero-order valence-electron chi connectivity index (χ0n) is 11.4. The molecule has 5 heteroatoms. The van der Waals surface area contributed by atoms with Gasteiger partial charge in [-0.15, -0.1) is 0 Å². The number of ether oxygens (including phenoxy) is 1. The summed E-state index contributed by atoms with van der Waals surface area (Å²) in [5.74, 6) is -1.55. The average molecular weight is 287 g/mol. The van der Waals surface area contributed by atoms with E-state index >= 15 is 0 Å². The van der Waals surface area contributed by atoms with Gasteiger partial charge in [-0.05, 0) is 48.9 Å². The van der Waals surface area contributed by atoms with Crippen molar-refractivity contribution in [1.29, 1.82) is 0 Å². The van der Waals surface area contributed by atoms with Crippen molar-refractivity contribution >= 4 is 17.6 Å². The van der Waals surface area contributed by atoms with E-state index in [1.54, 1.807) is 12.1 Å². The van der Waals surface area contributed by atoms with Gasteiger partial charge in [0.25, 0.3) is 5.91 Å². The molecular weight excluding hydrogens is 273 g/mol. The molecule has 0 saturated carbocycles. The molecule has 0 aliphatic heterocycles. The van der Waals surface area contributed by atoms with Crippen molar-refractivity contribution in [3.05, 3.63) is 65.5 Å². The lowest BCUT2D eigenvalue weighted by atomic mass is 10.2. The van der Waals surface area contributed by atoms with Crippen LogP contribution in [0, 0.1) is 12.7 Å². The molecule has 2 aromatic rings. The zero-order valence-corrected chi connectivity index (χ0v) is 11.4. The lowest BCUT2D eigenvalue weighted by molar-refractivity contribution is -0.119. The number of carbonyl (C=O) groups is 2. The molecule has 0 spiro atoms. The van der Waals surface area contributed by atoms with Crippen molar-refractivity contribution in [3.8, 4) is 0 Å². The molecule has 1 N–H and O–H groups in total. The van der Waals surface area contributed by atoms with E-state index in [0.29, 0.717) is 5.69 Å². The van der Waals surface area contributed by atoms with Gasteiger partial charge >= 0.3 is 5.97 Å². The highest BCUT2D eigenvalue weighted by Gasteiger charge is 2.10. The first-order chi connectivity index (χ1) is 10.0. The molecule has 1 amide bonds. The van der Waals surface area contributed by atoms with Gasteiger partial charge in [0.2, 0.25) is 0 Å². The molecule has 0 fully saturated rings. The number of carbonyl (C=O) groups excluding carboxylic acids is 2. The molecular formula is C16H14FNO3. The average Bonchev–Trinajstić information content (AvgIpc) is 2.45. The highest BCUT2D eigenvalue weighted by molar-refractivity contribution is 5.95. The van der Waals surface area contributed by atoms with Gasteiger partial charge < -0.3 is 10.1 Å². The van der Waals surface area contributed by atoms with Crippen LogP contribution in [0.2, 0.25) is 0 Å². The summed E-state index contributed by atoms with van der Waals surface area (Å²) in [5.41, 5.74) is 1.84. The van der Waals surface area contributed by atoms with E-state index < -0.39 is 24.3 Å². The molecule has 0 heterocycles. The molecule has 0 atom stereocenters. The maximum absolute atomic E-state index is 12.7. The van der Waals surface area contributed by atoms with Gasteiger partial charge in [0.05, 0.1) is 5.56 Å². The van der Waals surface area contributed by atoms with Gasteiger partial charge in [0.15, 0.2) is 6.61 Å². The Labute approximate surface area is 121 Å². The van der Waals surface area contributed by atoms with E-state index in [-0.39, 0.29) is 5.56 Å². The van der Waals surface area contributed by atoms with Gasteiger partial charge in [-0.25, -0.2) is 9.18 Å². The smallest absolute Gasteiger partial charge is 0.338 e. The number of anilines is 1. The Balaban J connectivity index is 1.86. The van der Waals surface area contributed by atoms with Crippen LogP contribution >= 0.6 is 0 Å².